The molecule has 0 radical (unpaired) electrons. The number of nitrogens with zero attached hydrogens (tertiary/aromatic N) is 5. The van der Waals surface area contributed by atoms with Crippen molar-refractivity contribution in [3.63, 3.8) is 0 Å². The molecule has 0 N–H and O–H groups in total. The second-order valence-corrected chi connectivity index (χ2v) is 7.21. The minimum Gasteiger partial charge on any atom is -0.338 e. The molecule has 2 fully saturated rings. The molecule has 3 heterocycles. The third-order valence-corrected chi connectivity index (χ3v) is 4.78. The molecule has 8 nitrogen and oxygen atoms in total. The smallest absolute Gasteiger partial charge is 0.338 e. The summed E-state index contributed by atoms with van der Waals surface area (Å²) < 4.78 is 42.8. The van der Waals surface area contributed by atoms with Crippen molar-refractivity contribution < 1.29 is 27.3 Å². The summed E-state index contributed by atoms with van der Waals surface area (Å²) >= 11 is 0. The van der Waals surface area contributed by atoms with Gasteiger partial charge in [-0.15, -0.1) is 0 Å². The lowest BCUT2D eigenvalue weighted by molar-refractivity contribution is -0.151. The number of carbonyl (C=O) groups excluding carboxylic acids is 2. The highest BCUT2D eigenvalue weighted by atomic mass is 19.4. The molecule has 0 atom stereocenters. The molecule has 27 heavy (non-hydrogen) atoms. The summed E-state index contributed by atoms with van der Waals surface area (Å²) in [7, 11) is 0. The maximum absolute atomic E-state index is 12.5. The average Bonchev–Trinajstić information content (AvgIpc) is 3.15. The van der Waals surface area contributed by atoms with Crippen molar-refractivity contribution >= 4 is 11.9 Å². The van der Waals surface area contributed by atoms with E-state index >= 15 is 0 Å². The third-order valence-electron chi connectivity index (χ3n) is 4.78. The summed E-state index contributed by atoms with van der Waals surface area (Å²) in [6.45, 7) is 3.85. The van der Waals surface area contributed by atoms with Crippen LogP contribution >= 0.6 is 0 Å². The van der Waals surface area contributed by atoms with Crippen molar-refractivity contribution in [1.82, 2.24) is 24.8 Å². The summed E-state index contributed by atoms with van der Waals surface area (Å²) in [5.74, 6) is 0.533. The molecule has 0 bridgehead atoms. The Kier molecular flexibility index (Phi) is 5.41. The van der Waals surface area contributed by atoms with Crippen molar-refractivity contribution in [2.75, 3.05) is 26.2 Å². The molecule has 2 aliphatic heterocycles. The quantitative estimate of drug-likeness (QED) is 0.717. The van der Waals surface area contributed by atoms with Gasteiger partial charge in [-0.3, -0.25) is 14.6 Å². The first kappa shape index (κ1) is 19.6. The van der Waals surface area contributed by atoms with Crippen LogP contribution in [0.5, 0.6) is 0 Å². The molecule has 0 aliphatic carbocycles. The van der Waals surface area contributed by atoms with E-state index in [2.05, 4.69) is 15.0 Å². The van der Waals surface area contributed by atoms with Crippen molar-refractivity contribution in [2.24, 2.45) is 0 Å². The zero-order valence-corrected chi connectivity index (χ0v) is 15.2. The number of halogens is 3. The highest BCUT2D eigenvalue weighted by molar-refractivity contribution is 6.02. The molecule has 0 saturated carbocycles. The molecular weight excluding hydrogens is 367 g/mol. The minimum atomic E-state index is -4.59. The zero-order valence-electron chi connectivity index (χ0n) is 15.2. The maximum Gasteiger partial charge on any atom is 0.406 e. The molecule has 1 aromatic heterocycles. The molecule has 2 aliphatic rings. The van der Waals surface area contributed by atoms with Crippen LogP contribution in [0.2, 0.25) is 0 Å². The largest absolute Gasteiger partial charge is 0.406 e. The van der Waals surface area contributed by atoms with Crippen LogP contribution in [0.4, 0.5) is 18.0 Å². The first-order valence-electron chi connectivity index (χ1n) is 8.86. The fourth-order valence-electron chi connectivity index (χ4n) is 3.33. The molecule has 1 aromatic rings. The summed E-state index contributed by atoms with van der Waals surface area (Å²) in [6.07, 6.45) is -3.45. The summed E-state index contributed by atoms with van der Waals surface area (Å²) in [5.41, 5.74) is 0. The number of carbonyl (C=O) groups is 2. The second kappa shape index (κ2) is 7.45. The lowest BCUT2D eigenvalue weighted by atomic mass is 10.0. The zero-order chi connectivity index (χ0) is 19.8. The van der Waals surface area contributed by atoms with E-state index in [4.69, 9.17) is 4.52 Å². The van der Waals surface area contributed by atoms with E-state index in [1.165, 1.54) is 4.90 Å². The summed E-state index contributed by atoms with van der Waals surface area (Å²) in [6, 6.07) is -1.10. The van der Waals surface area contributed by atoms with E-state index in [-0.39, 0.29) is 23.4 Å². The van der Waals surface area contributed by atoms with Crippen LogP contribution in [-0.4, -0.2) is 75.2 Å². The number of piperidine rings is 1. The number of amides is 3. The Morgan fingerprint density at radius 3 is 2.44 bits per heavy atom. The maximum atomic E-state index is 12.5. The monoisotopic (exact) mass is 389 g/mol. The number of likely N-dealkylation sites (tertiary alicyclic amines) is 1. The van der Waals surface area contributed by atoms with Gasteiger partial charge in [0.1, 0.15) is 13.1 Å². The molecule has 3 amide bonds. The Morgan fingerprint density at radius 2 is 1.89 bits per heavy atom. The third kappa shape index (κ3) is 4.57. The second-order valence-electron chi connectivity index (χ2n) is 7.21. The number of alkyl halides is 3. The highest BCUT2D eigenvalue weighted by Crippen LogP contribution is 2.26. The van der Waals surface area contributed by atoms with Gasteiger partial charge in [-0.1, -0.05) is 19.0 Å². The van der Waals surface area contributed by atoms with E-state index < -0.39 is 24.7 Å². The average molecular weight is 389 g/mol. The minimum absolute atomic E-state index is 0.173. The van der Waals surface area contributed by atoms with E-state index in [1.54, 1.807) is 0 Å². The van der Waals surface area contributed by atoms with Crippen molar-refractivity contribution in [3.05, 3.63) is 11.7 Å². The van der Waals surface area contributed by atoms with Crippen LogP contribution in [0, 0.1) is 0 Å². The topological polar surface area (TPSA) is 82.8 Å². The molecule has 0 unspecified atom stereocenters. The highest BCUT2D eigenvalue weighted by Gasteiger charge is 2.45. The van der Waals surface area contributed by atoms with Gasteiger partial charge in [-0.05, 0) is 12.8 Å². The number of hydrogen-bond acceptors (Lipinski definition) is 6. The van der Waals surface area contributed by atoms with Gasteiger partial charge in [-0.25, -0.2) is 4.79 Å². The standard InChI is InChI=1S/C16H22F3N5O3/c1-10(2)14-20-12(27-21-14)7-22-5-3-11(4-6-22)23-8-13(25)24(15(23)26)9-16(17,18)19/h10-11H,3-9H2,1-2H3. The summed E-state index contributed by atoms with van der Waals surface area (Å²) in [4.78, 5) is 32.0. The fourth-order valence-corrected chi connectivity index (χ4v) is 3.33. The number of hydrogen-bond donors (Lipinski definition) is 0. The van der Waals surface area contributed by atoms with Crippen LogP contribution in [0.1, 0.15) is 44.3 Å². The predicted octanol–water partition coefficient (Wildman–Crippen LogP) is 1.98. The normalized spacial score (nSPS) is 20.4. The number of rotatable bonds is 5. The van der Waals surface area contributed by atoms with Gasteiger partial charge in [0.2, 0.25) is 5.89 Å². The van der Waals surface area contributed by atoms with Crippen LogP contribution in [0.15, 0.2) is 4.52 Å². The molecular formula is C16H22F3N5O3. The van der Waals surface area contributed by atoms with E-state index in [0.717, 1.165) is 0 Å². The van der Waals surface area contributed by atoms with Crippen LogP contribution in [-0.2, 0) is 11.3 Å². The van der Waals surface area contributed by atoms with E-state index in [1.807, 2.05) is 13.8 Å². The Morgan fingerprint density at radius 1 is 1.22 bits per heavy atom. The molecule has 3 rings (SSSR count). The Balaban J connectivity index is 1.53. The van der Waals surface area contributed by atoms with Crippen molar-refractivity contribution in [3.8, 4) is 0 Å². The van der Waals surface area contributed by atoms with Crippen molar-refractivity contribution in [1.29, 1.82) is 0 Å². The van der Waals surface area contributed by atoms with Crippen molar-refractivity contribution in [2.45, 2.75) is 51.4 Å². The molecule has 2 saturated heterocycles. The fraction of sp³-hybridized carbons (Fsp3) is 0.750. The Hall–Kier alpha value is -2.17. The lowest BCUT2D eigenvalue weighted by Gasteiger charge is -2.35. The van der Waals surface area contributed by atoms with Gasteiger partial charge in [0, 0.05) is 25.0 Å². The molecule has 0 aromatic carbocycles. The SMILES string of the molecule is CC(C)c1noc(CN2CCC(N3CC(=O)N(CC(F)(F)F)C3=O)CC2)n1. The first-order chi connectivity index (χ1) is 12.6. The Bertz CT molecular complexity index is 698. The molecule has 0 spiro atoms. The Labute approximate surface area is 154 Å². The summed E-state index contributed by atoms with van der Waals surface area (Å²) in [5, 5.41) is 3.91. The van der Waals surface area contributed by atoms with Gasteiger partial charge >= 0.3 is 12.2 Å². The van der Waals surface area contributed by atoms with Gasteiger partial charge < -0.3 is 9.42 Å². The van der Waals surface area contributed by atoms with Gasteiger partial charge in [0.15, 0.2) is 5.82 Å². The number of imide groups is 1. The van der Waals surface area contributed by atoms with Crippen LogP contribution < -0.4 is 0 Å². The predicted molar refractivity (Wildman–Crippen MR) is 86.6 cm³/mol. The van der Waals surface area contributed by atoms with Gasteiger partial charge in [0.05, 0.1) is 6.54 Å². The number of aromatic nitrogens is 2. The van der Waals surface area contributed by atoms with Gasteiger partial charge in [0.25, 0.3) is 5.91 Å². The van der Waals surface area contributed by atoms with E-state index in [0.29, 0.717) is 44.2 Å². The van der Waals surface area contributed by atoms with Gasteiger partial charge in [-0.2, -0.15) is 18.2 Å². The molecule has 11 heteroatoms. The lowest BCUT2D eigenvalue weighted by Crippen LogP contribution is -2.47. The number of urea groups is 1. The van der Waals surface area contributed by atoms with Crippen LogP contribution in [0.3, 0.4) is 0 Å². The van der Waals surface area contributed by atoms with E-state index in [9.17, 15) is 22.8 Å². The van der Waals surface area contributed by atoms with Crippen LogP contribution in [0.25, 0.3) is 0 Å². The molecule has 150 valence electrons. The first-order valence-corrected chi connectivity index (χ1v) is 8.86.